The summed E-state index contributed by atoms with van der Waals surface area (Å²) in [6.45, 7) is 3.05. The fourth-order valence-electron chi connectivity index (χ4n) is 3.17. The molecule has 0 aliphatic heterocycles. The number of benzene rings is 1. The molecular formula is C21H17F3N6O2S. The zero-order valence-electron chi connectivity index (χ0n) is 17.3. The molecule has 8 nitrogen and oxygen atoms in total. The maximum absolute atomic E-state index is 13.1. The minimum Gasteiger partial charge on any atom is -0.346 e. The molecule has 12 heteroatoms. The van der Waals surface area contributed by atoms with Crippen LogP contribution in [0.2, 0.25) is 0 Å². The first kappa shape index (κ1) is 22.4. The number of alkyl halides is 3. The van der Waals surface area contributed by atoms with Crippen LogP contribution in [0.1, 0.15) is 49.3 Å². The van der Waals surface area contributed by atoms with E-state index in [4.69, 9.17) is 0 Å². The van der Waals surface area contributed by atoms with Crippen LogP contribution >= 0.6 is 11.3 Å². The number of nitrogens with zero attached hydrogens (tertiary/aromatic N) is 3. The normalized spacial score (nSPS) is 12.5. The Balaban J connectivity index is 1.46. The number of carbonyl (C=O) groups is 2. The first-order valence-electron chi connectivity index (χ1n) is 9.67. The van der Waals surface area contributed by atoms with Gasteiger partial charge in [-0.15, -0.1) is 11.3 Å². The van der Waals surface area contributed by atoms with E-state index in [2.05, 4.69) is 30.6 Å². The van der Waals surface area contributed by atoms with Crippen LogP contribution in [0.15, 0.2) is 43.0 Å². The van der Waals surface area contributed by atoms with Crippen LogP contribution < -0.4 is 10.6 Å². The molecule has 0 saturated heterocycles. The molecule has 4 aromatic rings. The first-order chi connectivity index (χ1) is 15.6. The number of amides is 2. The van der Waals surface area contributed by atoms with E-state index < -0.39 is 29.6 Å². The quantitative estimate of drug-likeness (QED) is 0.395. The summed E-state index contributed by atoms with van der Waals surface area (Å²) in [5.41, 5.74) is -0.00890. The molecule has 0 spiro atoms. The van der Waals surface area contributed by atoms with E-state index in [0.717, 1.165) is 17.4 Å². The Morgan fingerprint density at radius 2 is 1.91 bits per heavy atom. The third kappa shape index (κ3) is 4.70. The zero-order chi connectivity index (χ0) is 23.8. The summed E-state index contributed by atoms with van der Waals surface area (Å²) in [5.74, 6) is -1.03. The van der Waals surface area contributed by atoms with Crippen LogP contribution in [0.3, 0.4) is 0 Å². The largest absolute Gasteiger partial charge is 0.416 e. The predicted molar refractivity (Wildman–Crippen MR) is 116 cm³/mol. The van der Waals surface area contributed by atoms with Gasteiger partial charge >= 0.3 is 6.18 Å². The van der Waals surface area contributed by atoms with Crippen LogP contribution in [0.4, 0.5) is 18.9 Å². The fourth-order valence-corrected chi connectivity index (χ4v) is 3.99. The summed E-state index contributed by atoms with van der Waals surface area (Å²) >= 11 is 1.02. The van der Waals surface area contributed by atoms with Gasteiger partial charge in [0.2, 0.25) is 0 Å². The number of nitrogens with one attached hydrogen (secondary N) is 3. The van der Waals surface area contributed by atoms with E-state index in [0.29, 0.717) is 16.0 Å². The van der Waals surface area contributed by atoms with Gasteiger partial charge in [-0.25, -0.2) is 15.0 Å². The van der Waals surface area contributed by atoms with Gasteiger partial charge in [0.1, 0.15) is 27.6 Å². The first-order valence-corrected chi connectivity index (χ1v) is 10.5. The van der Waals surface area contributed by atoms with E-state index in [9.17, 15) is 22.8 Å². The Labute approximate surface area is 189 Å². The maximum atomic E-state index is 13.1. The van der Waals surface area contributed by atoms with Crippen molar-refractivity contribution in [3.8, 4) is 0 Å². The second-order valence-electron chi connectivity index (χ2n) is 7.20. The molecule has 0 radical (unpaired) electrons. The number of hydrogen-bond donors (Lipinski definition) is 3. The minimum absolute atomic E-state index is 0.0218. The molecule has 170 valence electrons. The number of hydrogen-bond acceptors (Lipinski definition) is 6. The molecule has 0 aliphatic rings. The second kappa shape index (κ2) is 8.62. The van der Waals surface area contributed by atoms with Crippen molar-refractivity contribution in [3.05, 3.63) is 69.7 Å². The molecule has 0 saturated carbocycles. The van der Waals surface area contributed by atoms with Crippen LogP contribution in [-0.2, 0) is 6.18 Å². The lowest BCUT2D eigenvalue weighted by atomic mass is 10.1. The Hall–Kier alpha value is -3.80. The van der Waals surface area contributed by atoms with Gasteiger partial charge < -0.3 is 15.6 Å². The molecule has 0 bridgehead atoms. The Morgan fingerprint density at radius 1 is 1.12 bits per heavy atom. The summed E-state index contributed by atoms with van der Waals surface area (Å²) in [7, 11) is 0. The molecule has 1 atom stereocenters. The molecular weight excluding hydrogens is 457 g/mol. The lowest BCUT2D eigenvalue weighted by molar-refractivity contribution is -0.138. The standard InChI is InChI=1S/C21H17F3N6O2S/c1-10-3-4-12(7-14(10)21(22,23)24)30-18(31)15-8-26-20(33-15)11(2)29-19(32)16-13-5-6-25-17(13)28-9-27-16/h3-9,11H,1-2H3,(H,29,32)(H,30,31)(H,25,27,28). The number of aromatic nitrogens is 4. The monoisotopic (exact) mass is 474 g/mol. The van der Waals surface area contributed by atoms with E-state index >= 15 is 0 Å². The van der Waals surface area contributed by atoms with Crippen molar-refractivity contribution in [3.63, 3.8) is 0 Å². The van der Waals surface area contributed by atoms with Gasteiger partial charge in [-0.05, 0) is 37.6 Å². The maximum Gasteiger partial charge on any atom is 0.416 e. The topological polar surface area (TPSA) is 113 Å². The number of aromatic amines is 1. The van der Waals surface area contributed by atoms with Gasteiger partial charge in [-0.2, -0.15) is 13.2 Å². The average Bonchev–Trinajstić information content (AvgIpc) is 3.43. The SMILES string of the molecule is Cc1ccc(NC(=O)c2cnc(C(C)NC(=O)c3ncnc4[nH]ccc34)s2)cc1C(F)(F)F. The van der Waals surface area contributed by atoms with Gasteiger partial charge in [-0.3, -0.25) is 9.59 Å². The van der Waals surface area contributed by atoms with E-state index in [1.54, 1.807) is 19.2 Å². The summed E-state index contributed by atoms with van der Waals surface area (Å²) in [6.07, 6.45) is -0.284. The summed E-state index contributed by atoms with van der Waals surface area (Å²) in [5, 5.41) is 6.25. The fraction of sp³-hybridized carbons (Fsp3) is 0.190. The van der Waals surface area contributed by atoms with E-state index in [1.807, 2.05) is 0 Å². The van der Waals surface area contributed by atoms with Crippen molar-refractivity contribution in [1.82, 2.24) is 25.3 Å². The number of fused-ring (bicyclic) bond motifs is 1. The van der Waals surface area contributed by atoms with Crippen LogP contribution in [-0.4, -0.2) is 31.8 Å². The zero-order valence-corrected chi connectivity index (χ0v) is 18.1. The molecule has 1 aromatic carbocycles. The Bertz CT molecular complexity index is 1350. The van der Waals surface area contributed by atoms with Crippen molar-refractivity contribution < 1.29 is 22.8 Å². The Kier molecular flexibility index (Phi) is 5.85. The van der Waals surface area contributed by atoms with Gasteiger partial charge in [0.25, 0.3) is 11.8 Å². The highest BCUT2D eigenvalue weighted by Crippen LogP contribution is 2.33. The number of carbonyl (C=O) groups excluding carboxylic acids is 2. The van der Waals surface area contributed by atoms with Crippen LogP contribution in [0, 0.1) is 6.92 Å². The summed E-state index contributed by atoms with van der Waals surface area (Å²) < 4.78 is 39.3. The number of thiazole rings is 1. The third-order valence-corrected chi connectivity index (χ3v) is 6.01. The molecule has 0 aliphatic carbocycles. The highest BCUT2D eigenvalue weighted by Gasteiger charge is 2.32. The highest BCUT2D eigenvalue weighted by atomic mass is 32.1. The minimum atomic E-state index is -4.52. The lowest BCUT2D eigenvalue weighted by Crippen LogP contribution is -2.27. The number of anilines is 1. The second-order valence-corrected chi connectivity index (χ2v) is 8.26. The molecule has 2 amide bonds. The molecule has 1 unspecified atom stereocenters. The molecule has 3 heterocycles. The third-order valence-electron chi connectivity index (χ3n) is 4.84. The lowest BCUT2D eigenvalue weighted by Gasteiger charge is -2.12. The molecule has 33 heavy (non-hydrogen) atoms. The highest BCUT2D eigenvalue weighted by molar-refractivity contribution is 7.13. The summed E-state index contributed by atoms with van der Waals surface area (Å²) in [4.78, 5) is 40.5. The predicted octanol–water partition coefficient (Wildman–Crippen LogP) is 4.48. The number of rotatable bonds is 5. The number of H-pyrrole nitrogens is 1. The van der Waals surface area contributed by atoms with Gasteiger partial charge in [0.15, 0.2) is 0 Å². The number of aryl methyl sites for hydroxylation is 1. The molecule has 4 rings (SSSR count). The van der Waals surface area contributed by atoms with Crippen LogP contribution in [0.5, 0.6) is 0 Å². The van der Waals surface area contributed by atoms with Crippen molar-refractivity contribution in [2.45, 2.75) is 26.1 Å². The van der Waals surface area contributed by atoms with Gasteiger partial charge in [0, 0.05) is 11.9 Å². The van der Waals surface area contributed by atoms with Gasteiger partial charge in [0.05, 0.1) is 23.2 Å². The Morgan fingerprint density at radius 3 is 2.67 bits per heavy atom. The van der Waals surface area contributed by atoms with Crippen molar-refractivity contribution >= 4 is 39.9 Å². The molecule has 0 fully saturated rings. The van der Waals surface area contributed by atoms with E-state index in [1.165, 1.54) is 31.6 Å². The molecule has 3 N–H and O–H groups in total. The average molecular weight is 474 g/mol. The number of halogens is 3. The van der Waals surface area contributed by atoms with Crippen molar-refractivity contribution in [1.29, 1.82) is 0 Å². The van der Waals surface area contributed by atoms with Gasteiger partial charge in [-0.1, -0.05) is 6.07 Å². The molecule has 3 aromatic heterocycles. The summed E-state index contributed by atoms with van der Waals surface area (Å²) in [6, 6.07) is 4.74. The van der Waals surface area contributed by atoms with Crippen molar-refractivity contribution in [2.24, 2.45) is 0 Å². The van der Waals surface area contributed by atoms with Crippen LogP contribution in [0.25, 0.3) is 11.0 Å². The van der Waals surface area contributed by atoms with E-state index in [-0.39, 0.29) is 21.8 Å². The van der Waals surface area contributed by atoms with Crippen molar-refractivity contribution in [2.75, 3.05) is 5.32 Å². The smallest absolute Gasteiger partial charge is 0.346 e.